The number of fused-ring (bicyclic) bond motifs is 1. The van der Waals surface area contributed by atoms with Crippen LogP contribution in [-0.2, 0) is 18.3 Å². The predicted octanol–water partition coefficient (Wildman–Crippen LogP) is 2.40. The molecule has 132 valence electrons. The van der Waals surface area contributed by atoms with Gasteiger partial charge in [-0.25, -0.2) is 0 Å². The Morgan fingerprint density at radius 3 is 2.92 bits per heavy atom. The lowest BCUT2D eigenvalue weighted by Gasteiger charge is -2.14. The van der Waals surface area contributed by atoms with Gasteiger partial charge in [0.1, 0.15) is 5.69 Å². The molecule has 7 nitrogen and oxygen atoms in total. The third-order valence-electron chi connectivity index (χ3n) is 4.55. The van der Waals surface area contributed by atoms with E-state index < -0.39 is 0 Å². The smallest absolute Gasteiger partial charge is 0.269 e. The highest BCUT2D eigenvalue weighted by molar-refractivity contribution is 5.99. The second kappa shape index (κ2) is 6.18. The Morgan fingerprint density at radius 1 is 1.31 bits per heavy atom. The summed E-state index contributed by atoms with van der Waals surface area (Å²) in [6.07, 6.45) is 4.25. The number of aromatic amines is 1. The zero-order chi connectivity index (χ0) is 18.3. The van der Waals surface area contributed by atoms with Crippen LogP contribution in [0.4, 0.5) is 5.69 Å². The van der Waals surface area contributed by atoms with Crippen molar-refractivity contribution in [3.63, 3.8) is 0 Å². The van der Waals surface area contributed by atoms with Crippen LogP contribution in [0.5, 0.6) is 0 Å². The van der Waals surface area contributed by atoms with Gasteiger partial charge in [-0.1, -0.05) is 12.1 Å². The predicted molar refractivity (Wildman–Crippen MR) is 97.7 cm³/mol. The highest BCUT2D eigenvalue weighted by Crippen LogP contribution is 2.26. The van der Waals surface area contributed by atoms with Crippen LogP contribution in [0.15, 0.2) is 42.7 Å². The summed E-state index contributed by atoms with van der Waals surface area (Å²) in [6.45, 7) is 1.91. The highest BCUT2D eigenvalue weighted by atomic mass is 16.2. The second-order valence-electron chi connectivity index (χ2n) is 6.57. The van der Waals surface area contributed by atoms with E-state index in [1.165, 1.54) is 0 Å². The molecule has 2 aromatic heterocycles. The summed E-state index contributed by atoms with van der Waals surface area (Å²) in [5, 5.41) is 12.8. The number of benzene rings is 1. The van der Waals surface area contributed by atoms with E-state index in [1.807, 2.05) is 55.2 Å². The summed E-state index contributed by atoms with van der Waals surface area (Å²) in [6, 6.07) is 9.25. The number of aryl methyl sites for hydroxylation is 1. The van der Waals surface area contributed by atoms with E-state index in [2.05, 4.69) is 20.8 Å². The number of rotatable bonds is 4. The van der Waals surface area contributed by atoms with Crippen LogP contribution in [0.3, 0.4) is 0 Å². The lowest BCUT2D eigenvalue weighted by atomic mass is 10.0. The van der Waals surface area contributed by atoms with Crippen LogP contribution < -0.4 is 10.6 Å². The molecule has 0 radical (unpaired) electrons. The summed E-state index contributed by atoms with van der Waals surface area (Å²) in [4.78, 5) is 24.0. The van der Waals surface area contributed by atoms with Gasteiger partial charge in [-0.05, 0) is 36.2 Å². The number of H-pyrrole nitrogens is 1. The fraction of sp³-hybridized carbons (Fsp3) is 0.211. The standard InChI is InChI=1S/C19H19N5O2/c1-11(12-3-4-15-14(7-12)8-18(25)21-15)20-19(26)17-9-16(22-23-17)13-5-6-24(2)10-13/h3-7,9-11H,8H2,1-2H3,(H,20,26)(H,21,25)(H,22,23). The molecule has 0 saturated heterocycles. The van der Waals surface area contributed by atoms with Gasteiger partial charge in [-0.2, -0.15) is 5.10 Å². The second-order valence-corrected chi connectivity index (χ2v) is 6.57. The minimum atomic E-state index is -0.220. The SMILES string of the molecule is CC(NC(=O)c1cc(-c2ccn(C)c2)n[nH]1)c1ccc2c(c1)CC(=O)N2. The van der Waals surface area contributed by atoms with Gasteiger partial charge < -0.3 is 15.2 Å². The van der Waals surface area contributed by atoms with Crippen LogP contribution in [-0.4, -0.2) is 26.6 Å². The van der Waals surface area contributed by atoms with E-state index in [-0.39, 0.29) is 17.9 Å². The number of aromatic nitrogens is 3. The molecule has 1 unspecified atom stereocenters. The molecule has 4 rings (SSSR count). The van der Waals surface area contributed by atoms with Crippen molar-refractivity contribution in [1.29, 1.82) is 0 Å². The van der Waals surface area contributed by atoms with Crippen molar-refractivity contribution >= 4 is 17.5 Å². The Balaban J connectivity index is 1.47. The van der Waals surface area contributed by atoms with Crippen LogP contribution >= 0.6 is 0 Å². The van der Waals surface area contributed by atoms with Crippen LogP contribution in [0.25, 0.3) is 11.3 Å². The van der Waals surface area contributed by atoms with Crippen molar-refractivity contribution in [2.45, 2.75) is 19.4 Å². The van der Waals surface area contributed by atoms with Gasteiger partial charge in [-0.3, -0.25) is 14.7 Å². The van der Waals surface area contributed by atoms with Crippen molar-refractivity contribution in [3.8, 4) is 11.3 Å². The Morgan fingerprint density at radius 2 is 2.15 bits per heavy atom. The topological polar surface area (TPSA) is 91.8 Å². The Labute approximate surface area is 150 Å². The number of hydrogen-bond acceptors (Lipinski definition) is 3. The monoisotopic (exact) mass is 349 g/mol. The molecule has 1 aliphatic heterocycles. The van der Waals surface area contributed by atoms with E-state index in [0.29, 0.717) is 12.1 Å². The molecule has 0 bridgehead atoms. The van der Waals surface area contributed by atoms with Crippen molar-refractivity contribution in [2.24, 2.45) is 7.05 Å². The third kappa shape index (κ3) is 2.99. The van der Waals surface area contributed by atoms with Crippen LogP contribution in [0, 0.1) is 0 Å². The number of carbonyl (C=O) groups is 2. The van der Waals surface area contributed by atoms with Gasteiger partial charge in [0.05, 0.1) is 18.2 Å². The third-order valence-corrected chi connectivity index (χ3v) is 4.55. The summed E-state index contributed by atoms with van der Waals surface area (Å²) >= 11 is 0. The maximum absolute atomic E-state index is 12.5. The minimum absolute atomic E-state index is 0.000241. The first kappa shape index (κ1) is 16.1. The van der Waals surface area contributed by atoms with E-state index in [0.717, 1.165) is 28.1 Å². The van der Waals surface area contributed by atoms with Gasteiger partial charge in [0.25, 0.3) is 5.91 Å². The fourth-order valence-electron chi connectivity index (χ4n) is 3.12. The summed E-state index contributed by atoms with van der Waals surface area (Å²) in [7, 11) is 1.94. The van der Waals surface area contributed by atoms with Crippen molar-refractivity contribution in [1.82, 2.24) is 20.1 Å². The summed E-state index contributed by atoms with van der Waals surface area (Å²) in [5.74, 6) is -0.221. The largest absolute Gasteiger partial charge is 0.357 e. The Kier molecular flexibility index (Phi) is 3.84. The highest BCUT2D eigenvalue weighted by Gasteiger charge is 2.20. The average Bonchev–Trinajstić information content (AvgIpc) is 3.31. The van der Waals surface area contributed by atoms with Crippen molar-refractivity contribution < 1.29 is 9.59 Å². The van der Waals surface area contributed by atoms with Crippen molar-refractivity contribution in [3.05, 3.63) is 59.5 Å². The number of anilines is 1. The lowest BCUT2D eigenvalue weighted by Crippen LogP contribution is -2.27. The molecule has 3 N–H and O–H groups in total. The Bertz CT molecular complexity index is 1000. The van der Waals surface area contributed by atoms with E-state index in [4.69, 9.17) is 0 Å². The number of nitrogens with zero attached hydrogens (tertiary/aromatic N) is 2. The number of amides is 2. The maximum atomic E-state index is 12.5. The van der Waals surface area contributed by atoms with Gasteiger partial charge in [0.15, 0.2) is 0 Å². The molecular weight excluding hydrogens is 330 g/mol. The molecule has 0 saturated carbocycles. The molecular formula is C19H19N5O2. The first-order valence-electron chi connectivity index (χ1n) is 8.41. The Hall–Kier alpha value is -3.35. The molecule has 3 aromatic rings. The first-order chi connectivity index (χ1) is 12.5. The normalized spacial score (nSPS) is 14.0. The molecule has 7 heteroatoms. The van der Waals surface area contributed by atoms with E-state index in [1.54, 1.807) is 6.07 Å². The maximum Gasteiger partial charge on any atom is 0.269 e. The van der Waals surface area contributed by atoms with Gasteiger partial charge in [0.2, 0.25) is 5.91 Å². The van der Waals surface area contributed by atoms with E-state index >= 15 is 0 Å². The van der Waals surface area contributed by atoms with E-state index in [9.17, 15) is 9.59 Å². The zero-order valence-electron chi connectivity index (χ0n) is 14.5. The van der Waals surface area contributed by atoms with Crippen LogP contribution in [0.1, 0.15) is 34.6 Å². The fourth-order valence-corrected chi connectivity index (χ4v) is 3.12. The summed E-state index contributed by atoms with van der Waals surface area (Å²) in [5.41, 5.74) is 4.85. The molecule has 3 heterocycles. The number of nitrogens with one attached hydrogen (secondary N) is 3. The molecule has 1 atom stereocenters. The molecule has 0 aliphatic carbocycles. The minimum Gasteiger partial charge on any atom is -0.357 e. The molecule has 2 amide bonds. The molecule has 1 aliphatic rings. The molecule has 0 fully saturated rings. The number of hydrogen-bond donors (Lipinski definition) is 3. The molecule has 1 aromatic carbocycles. The summed E-state index contributed by atoms with van der Waals surface area (Å²) < 4.78 is 1.93. The van der Waals surface area contributed by atoms with Gasteiger partial charge >= 0.3 is 0 Å². The van der Waals surface area contributed by atoms with Crippen LogP contribution in [0.2, 0.25) is 0 Å². The average molecular weight is 349 g/mol. The quantitative estimate of drug-likeness (QED) is 0.675. The molecule has 0 spiro atoms. The lowest BCUT2D eigenvalue weighted by molar-refractivity contribution is -0.115. The number of carbonyl (C=O) groups excluding carboxylic acids is 2. The zero-order valence-corrected chi connectivity index (χ0v) is 14.5. The molecule has 26 heavy (non-hydrogen) atoms. The van der Waals surface area contributed by atoms with Gasteiger partial charge in [-0.15, -0.1) is 0 Å². The van der Waals surface area contributed by atoms with Gasteiger partial charge in [0, 0.05) is 30.7 Å². The van der Waals surface area contributed by atoms with Crippen molar-refractivity contribution in [2.75, 3.05) is 5.32 Å². The first-order valence-corrected chi connectivity index (χ1v) is 8.41.